The Morgan fingerprint density at radius 3 is 2.29 bits per heavy atom. The highest BCUT2D eigenvalue weighted by Gasteiger charge is 2.44. The van der Waals surface area contributed by atoms with Gasteiger partial charge in [0.2, 0.25) is 5.91 Å². The van der Waals surface area contributed by atoms with Crippen LogP contribution in [0.25, 0.3) is 0 Å². The van der Waals surface area contributed by atoms with Crippen molar-refractivity contribution in [2.24, 2.45) is 0 Å². The number of alkyl halides is 3. The van der Waals surface area contributed by atoms with Crippen LogP contribution in [0, 0.1) is 15.9 Å². The highest BCUT2D eigenvalue weighted by molar-refractivity contribution is 6.31. The topological polar surface area (TPSA) is 87.0 Å². The number of imide groups is 1. The summed E-state index contributed by atoms with van der Waals surface area (Å²) in [6, 6.07) is 5.12. The van der Waals surface area contributed by atoms with Crippen molar-refractivity contribution in [3.63, 3.8) is 0 Å². The molecule has 2 heterocycles. The zero-order valence-electron chi connectivity index (χ0n) is 17.4. The van der Waals surface area contributed by atoms with Gasteiger partial charge in [-0.05, 0) is 30.3 Å². The SMILES string of the molecule is O=C1C[C@H](N2CCN(c3ccc(C(F)(F)F)cc3[N+](=O)[O-])CC2)C(=O)N1c1ccc(F)c(Cl)c1. The van der Waals surface area contributed by atoms with Gasteiger partial charge in [0, 0.05) is 32.2 Å². The Hall–Kier alpha value is -3.25. The largest absolute Gasteiger partial charge is 0.416 e. The quantitative estimate of drug-likeness (QED) is 0.274. The van der Waals surface area contributed by atoms with E-state index >= 15 is 0 Å². The van der Waals surface area contributed by atoms with E-state index in [0.717, 1.165) is 23.1 Å². The molecule has 0 aromatic heterocycles. The molecule has 2 aromatic carbocycles. The lowest BCUT2D eigenvalue weighted by Gasteiger charge is -2.37. The van der Waals surface area contributed by atoms with Gasteiger partial charge in [0.25, 0.3) is 11.6 Å². The van der Waals surface area contributed by atoms with Crippen LogP contribution in [0.5, 0.6) is 0 Å². The first-order valence-corrected chi connectivity index (χ1v) is 10.5. The molecule has 8 nitrogen and oxygen atoms in total. The van der Waals surface area contributed by atoms with Crippen molar-refractivity contribution in [1.82, 2.24) is 4.90 Å². The van der Waals surface area contributed by atoms with E-state index in [0.29, 0.717) is 6.07 Å². The lowest BCUT2D eigenvalue weighted by molar-refractivity contribution is -0.384. The van der Waals surface area contributed by atoms with Gasteiger partial charge in [0.05, 0.1) is 33.7 Å². The fourth-order valence-corrected chi connectivity index (χ4v) is 4.36. The molecule has 0 spiro atoms. The van der Waals surface area contributed by atoms with Crippen molar-refractivity contribution >= 4 is 40.5 Å². The van der Waals surface area contributed by atoms with E-state index in [-0.39, 0.29) is 49.0 Å². The average molecular weight is 501 g/mol. The van der Waals surface area contributed by atoms with E-state index in [1.54, 1.807) is 9.80 Å². The number of carbonyl (C=O) groups excluding carboxylic acids is 2. The van der Waals surface area contributed by atoms with Crippen molar-refractivity contribution in [2.45, 2.75) is 18.6 Å². The molecule has 0 bridgehead atoms. The third kappa shape index (κ3) is 4.42. The number of halogens is 5. The number of nitro benzene ring substituents is 1. The van der Waals surface area contributed by atoms with Crippen LogP contribution in [0.4, 0.5) is 34.6 Å². The summed E-state index contributed by atoms with van der Waals surface area (Å²) in [6.45, 7) is 0.902. The fraction of sp³-hybridized carbons (Fsp3) is 0.333. The minimum atomic E-state index is -4.71. The van der Waals surface area contributed by atoms with Crippen molar-refractivity contribution < 1.29 is 32.1 Å². The third-order valence-electron chi connectivity index (χ3n) is 5.88. The molecule has 0 unspecified atom stereocenters. The average Bonchev–Trinajstić information content (AvgIpc) is 3.08. The van der Waals surface area contributed by atoms with E-state index in [1.807, 2.05) is 0 Å². The molecule has 34 heavy (non-hydrogen) atoms. The van der Waals surface area contributed by atoms with Gasteiger partial charge in [0.15, 0.2) is 0 Å². The summed E-state index contributed by atoms with van der Waals surface area (Å²) in [5.41, 5.74) is -1.57. The number of nitrogens with zero attached hydrogens (tertiary/aromatic N) is 4. The molecule has 0 saturated carbocycles. The van der Waals surface area contributed by atoms with Gasteiger partial charge < -0.3 is 4.90 Å². The molecule has 0 aliphatic carbocycles. The number of piperazine rings is 1. The van der Waals surface area contributed by atoms with Crippen molar-refractivity contribution in [2.75, 3.05) is 36.0 Å². The maximum atomic E-state index is 13.5. The van der Waals surface area contributed by atoms with E-state index < -0.39 is 46.0 Å². The number of hydrogen-bond donors (Lipinski definition) is 0. The standard InChI is InChI=1S/C21H17ClF4N4O4/c22-14-10-13(2-3-15(14)23)29-19(31)11-18(20(29)32)28-7-5-27(6-8-28)16-4-1-12(21(24,25)26)9-17(16)30(33)34/h1-4,9-10,18H,5-8,11H2/t18-/m0/s1. The molecule has 2 amide bonds. The second kappa shape index (κ2) is 8.84. The smallest absolute Gasteiger partial charge is 0.363 e. The molecule has 2 fully saturated rings. The van der Waals surface area contributed by atoms with Crippen LogP contribution in [-0.2, 0) is 15.8 Å². The van der Waals surface area contributed by atoms with E-state index in [2.05, 4.69) is 0 Å². The van der Waals surface area contributed by atoms with Crippen LogP contribution in [0.2, 0.25) is 5.02 Å². The molecule has 1 atom stereocenters. The minimum absolute atomic E-state index is 0.0501. The molecule has 13 heteroatoms. The number of rotatable bonds is 4. The molecule has 2 aromatic rings. The lowest BCUT2D eigenvalue weighted by Crippen LogP contribution is -2.52. The summed E-state index contributed by atoms with van der Waals surface area (Å²) < 4.78 is 52.3. The second-order valence-electron chi connectivity index (χ2n) is 7.87. The Morgan fingerprint density at radius 1 is 1.03 bits per heavy atom. The fourth-order valence-electron chi connectivity index (χ4n) is 4.18. The zero-order chi connectivity index (χ0) is 24.8. The second-order valence-corrected chi connectivity index (χ2v) is 8.27. The first-order valence-electron chi connectivity index (χ1n) is 10.1. The zero-order valence-corrected chi connectivity index (χ0v) is 18.1. The van der Waals surface area contributed by atoms with Crippen molar-refractivity contribution in [3.8, 4) is 0 Å². The highest BCUT2D eigenvalue weighted by atomic mass is 35.5. The van der Waals surface area contributed by atoms with E-state index in [1.165, 1.54) is 12.1 Å². The normalized spacial score (nSPS) is 19.7. The number of nitro groups is 1. The molecular weight excluding hydrogens is 484 g/mol. The Kier molecular flexibility index (Phi) is 6.21. The van der Waals surface area contributed by atoms with Crippen LogP contribution in [0.1, 0.15) is 12.0 Å². The Morgan fingerprint density at radius 2 is 1.71 bits per heavy atom. The summed E-state index contributed by atoms with van der Waals surface area (Å²) in [7, 11) is 0. The Balaban J connectivity index is 1.48. The van der Waals surface area contributed by atoms with E-state index in [9.17, 15) is 37.3 Å². The van der Waals surface area contributed by atoms with Crippen molar-refractivity contribution in [3.05, 3.63) is 62.9 Å². The predicted molar refractivity (Wildman–Crippen MR) is 114 cm³/mol. The maximum absolute atomic E-state index is 13.5. The van der Waals surface area contributed by atoms with Gasteiger partial charge >= 0.3 is 6.18 Å². The Labute approximate surface area is 195 Å². The number of benzene rings is 2. The summed E-state index contributed by atoms with van der Waals surface area (Å²) in [6.07, 6.45) is -4.81. The monoisotopic (exact) mass is 500 g/mol. The molecule has 2 aliphatic rings. The molecule has 0 N–H and O–H groups in total. The number of carbonyl (C=O) groups is 2. The molecule has 2 aliphatic heterocycles. The van der Waals surface area contributed by atoms with Gasteiger partial charge in [-0.3, -0.25) is 24.6 Å². The molecule has 180 valence electrons. The summed E-state index contributed by atoms with van der Waals surface area (Å²) in [4.78, 5) is 40.3. The predicted octanol–water partition coefficient (Wildman–Crippen LogP) is 3.86. The molecular formula is C21H17ClF4N4O4. The first kappa shape index (κ1) is 23.9. The van der Waals surface area contributed by atoms with Gasteiger partial charge in [0.1, 0.15) is 11.5 Å². The summed E-state index contributed by atoms with van der Waals surface area (Å²) in [5, 5.41) is 11.2. The number of amides is 2. The molecule has 4 rings (SSSR count). The first-order chi connectivity index (χ1) is 16.0. The van der Waals surface area contributed by atoms with Gasteiger partial charge in [-0.15, -0.1) is 0 Å². The number of hydrogen-bond acceptors (Lipinski definition) is 6. The van der Waals surface area contributed by atoms with Crippen LogP contribution < -0.4 is 9.80 Å². The lowest BCUT2D eigenvalue weighted by atomic mass is 10.1. The van der Waals surface area contributed by atoms with Crippen LogP contribution in [0.3, 0.4) is 0 Å². The van der Waals surface area contributed by atoms with E-state index in [4.69, 9.17) is 11.6 Å². The number of anilines is 2. The minimum Gasteiger partial charge on any atom is -0.363 e. The summed E-state index contributed by atoms with van der Waals surface area (Å²) in [5.74, 6) is -1.66. The molecule has 2 saturated heterocycles. The van der Waals surface area contributed by atoms with Gasteiger partial charge in [-0.2, -0.15) is 13.2 Å². The van der Waals surface area contributed by atoms with Crippen LogP contribution >= 0.6 is 11.6 Å². The van der Waals surface area contributed by atoms with Crippen LogP contribution in [0.15, 0.2) is 36.4 Å². The molecule has 0 radical (unpaired) electrons. The summed E-state index contributed by atoms with van der Waals surface area (Å²) >= 11 is 5.77. The van der Waals surface area contributed by atoms with Crippen LogP contribution in [-0.4, -0.2) is 53.9 Å². The third-order valence-corrected chi connectivity index (χ3v) is 6.17. The van der Waals surface area contributed by atoms with Gasteiger partial charge in [-0.1, -0.05) is 11.6 Å². The Bertz CT molecular complexity index is 1170. The highest BCUT2D eigenvalue weighted by Crippen LogP contribution is 2.37. The maximum Gasteiger partial charge on any atom is 0.416 e. The van der Waals surface area contributed by atoms with Gasteiger partial charge in [-0.25, -0.2) is 9.29 Å². The van der Waals surface area contributed by atoms with Crippen molar-refractivity contribution in [1.29, 1.82) is 0 Å².